The number of carbonyl (C=O) groups excluding carboxylic acids is 1. The fourth-order valence-electron chi connectivity index (χ4n) is 2.41. The van der Waals surface area contributed by atoms with E-state index in [0.717, 1.165) is 17.3 Å². The van der Waals surface area contributed by atoms with E-state index in [1.807, 2.05) is 6.07 Å². The highest BCUT2D eigenvalue weighted by Gasteiger charge is 2.32. The molecule has 0 aromatic heterocycles. The Morgan fingerprint density at radius 3 is 2.89 bits per heavy atom. The second kappa shape index (κ2) is 5.51. The smallest absolute Gasteiger partial charge is 0.257 e. The van der Waals surface area contributed by atoms with E-state index in [4.69, 9.17) is 4.74 Å². The Bertz CT molecular complexity index is 488. The van der Waals surface area contributed by atoms with Gasteiger partial charge in [0.25, 0.3) is 5.91 Å². The molecule has 2 rings (SSSR count). The van der Waals surface area contributed by atoms with Crippen molar-refractivity contribution in [2.75, 3.05) is 20.2 Å². The monoisotopic (exact) mass is 327 g/mol. The Morgan fingerprint density at radius 2 is 2.26 bits per heavy atom. The summed E-state index contributed by atoms with van der Waals surface area (Å²) in [6.45, 7) is 2.81. The van der Waals surface area contributed by atoms with Crippen LogP contribution >= 0.6 is 15.9 Å². The van der Waals surface area contributed by atoms with E-state index in [9.17, 15) is 9.90 Å². The zero-order valence-electron chi connectivity index (χ0n) is 11.1. The first-order valence-electron chi connectivity index (χ1n) is 6.28. The predicted molar refractivity (Wildman–Crippen MR) is 76.5 cm³/mol. The van der Waals surface area contributed by atoms with Crippen molar-refractivity contribution in [1.29, 1.82) is 0 Å². The number of ether oxygens (including phenoxy) is 1. The summed E-state index contributed by atoms with van der Waals surface area (Å²) in [5.74, 6) is 0.453. The van der Waals surface area contributed by atoms with Crippen molar-refractivity contribution in [1.82, 2.24) is 4.90 Å². The van der Waals surface area contributed by atoms with Gasteiger partial charge < -0.3 is 14.7 Å². The van der Waals surface area contributed by atoms with Crippen molar-refractivity contribution < 1.29 is 14.6 Å². The maximum absolute atomic E-state index is 12.5. The second-order valence-electron chi connectivity index (χ2n) is 5.17. The molecular weight excluding hydrogens is 310 g/mol. The van der Waals surface area contributed by atoms with Gasteiger partial charge in [-0.05, 0) is 38.0 Å². The molecule has 1 aromatic carbocycles. The molecule has 0 radical (unpaired) electrons. The maximum Gasteiger partial charge on any atom is 0.257 e. The number of hydrogen-bond acceptors (Lipinski definition) is 3. The predicted octanol–water partition coefficient (Wildman–Crippen LogP) is 2.44. The van der Waals surface area contributed by atoms with Gasteiger partial charge in [-0.2, -0.15) is 0 Å². The Morgan fingerprint density at radius 1 is 1.53 bits per heavy atom. The topological polar surface area (TPSA) is 49.8 Å². The minimum atomic E-state index is -0.795. The molecule has 0 aliphatic carbocycles. The summed E-state index contributed by atoms with van der Waals surface area (Å²) in [7, 11) is 1.55. The highest BCUT2D eigenvalue weighted by Crippen LogP contribution is 2.27. The molecule has 5 heteroatoms. The number of carbonyl (C=O) groups is 1. The van der Waals surface area contributed by atoms with Gasteiger partial charge in [-0.3, -0.25) is 4.79 Å². The highest BCUT2D eigenvalue weighted by molar-refractivity contribution is 9.10. The van der Waals surface area contributed by atoms with Gasteiger partial charge >= 0.3 is 0 Å². The van der Waals surface area contributed by atoms with Crippen LogP contribution in [-0.2, 0) is 0 Å². The van der Waals surface area contributed by atoms with Gasteiger partial charge in [-0.15, -0.1) is 0 Å². The van der Waals surface area contributed by atoms with Gasteiger partial charge in [-0.1, -0.05) is 15.9 Å². The number of amides is 1. The van der Waals surface area contributed by atoms with Crippen LogP contribution in [0.25, 0.3) is 0 Å². The van der Waals surface area contributed by atoms with Gasteiger partial charge in [0.15, 0.2) is 0 Å². The average molecular weight is 328 g/mol. The van der Waals surface area contributed by atoms with Crippen LogP contribution in [0.3, 0.4) is 0 Å². The van der Waals surface area contributed by atoms with E-state index in [2.05, 4.69) is 15.9 Å². The molecule has 0 spiro atoms. The second-order valence-corrected chi connectivity index (χ2v) is 6.09. The first kappa shape index (κ1) is 14.3. The third-order valence-electron chi connectivity index (χ3n) is 3.36. The minimum Gasteiger partial charge on any atom is -0.496 e. The fraction of sp³-hybridized carbons (Fsp3) is 0.500. The van der Waals surface area contributed by atoms with Crippen LogP contribution in [0.2, 0.25) is 0 Å². The lowest BCUT2D eigenvalue weighted by atomic mass is 9.94. The molecule has 1 aliphatic heterocycles. The number of nitrogens with zero attached hydrogens (tertiary/aromatic N) is 1. The van der Waals surface area contributed by atoms with Gasteiger partial charge in [0.1, 0.15) is 5.75 Å². The zero-order chi connectivity index (χ0) is 14.0. The van der Waals surface area contributed by atoms with Gasteiger partial charge in [0.05, 0.1) is 18.3 Å². The van der Waals surface area contributed by atoms with E-state index < -0.39 is 5.60 Å². The number of likely N-dealkylation sites (tertiary alicyclic amines) is 1. The number of rotatable bonds is 2. The molecule has 0 bridgehead atoms. The molecule has 1 heterocycles. The van der Waals surface area contributed by atoms with Crippen molar-refractivity contribution in [2.45, 2.75) is 25.4 Å². The summed E-state index contributed by atoms with van der Waals surface area (Å²) in [4.78, 5) is 14.2. The number of hydrogen-bond donors (Lipinski definition) is 1. The summed E-state index contributed by atoms with van der Waals surface area (Å²) < 4.78 is 6.12. The van der Waals surface area contributed by atoms with Crippen LogP contribution in [0.4, 0.5) is 0 Å². The molecule has 1 aromatic rings. The van der Waals surface area contributed by atoms with E-state index >= 15 is 0 Å². The Hall–Kier alpha value is -1.07. The molecule has 1 aliphatic rings. The maximum atomic E-state index is 12.5. The number of aliphatic hydroxyl groups is 1. The molecule has 4 nitrogen and oxygen atoms in total. The SMILES string of the molecule is COc1cc(Br)ccc1C(=O)N1CCCC(C)(O)C1. The zero-order valence-corrected chi connectivity index (χ0v) is 12.7. The lowest BCUT2D eigenvalue weighted by Crippen LogP contribution is -2.48. The molecule has 104 valence electrons. The Kier molecular flexibility index (Phi) is 4.16. The van der Waals surface area contributed by atoms with E-state index in [0.29, 0.717) is 24.4 Å². The quantitative estimate of drug-likeness (QED) is 0.907. The minimum absolute atomic E-state index is 0.0932. The number of halogens is 1. The Labute approximate surface area is 121 Å². The largest absolute Gasteiger partial charge is 0.496 e. The van der Waals surface area contributed by atoms with E-state index in [1.165, 1.54) is 0 Å². The molecular formula is C14H18BrNO3. The van der Waals surface area contributed by atoms with Crippen LogP contribution in [0.15, 0.2) is 22.7 Å². The number of β-amino-alcohol motifs (C(OH)–C–C–N with tert-alkyl or cyclic N) is 1. The molecule has 1 saturated heterocycles. The third kappa shape index (κ3) is 3.28. The van der Waals surface area contributed by atoms with Crippen molar-refractivity contribution in [3.8, 4) is 5.75 Å². The van der Waals surface area contributed by atoms with Crippen LogP contribution in [-0.4, -0.2) is 41.7 Å². The molecule has 0 saturated carbocycles. The van der Waals surface area contributed by atoms with Crippen molar-refractivity contribution in [3.63, 3.8) is 0 Å². The molecule has 1 amide bonds. The third-order valence-corrected chi connectivity index (χ3v) is 3.85. The van der Waals surface area contributed by atoms with Gasteiger partial charge in [0, 0.05) is 17.6 Å². The lowest BCUT2D eigenvalue weighted by Gasteiger charge is -2.37. The molecule has 1 fully saturated rings. The molecule has 1 atom stereocenters. The van der Waals surface area contributed by atoms with Gasteiger partial charge in [-0.25, -0.2) is 0 Å². The van der Waals surface area contributed by atoms with E-state index in [-0.39, 0.29) is 5.91 Å². The van der Waals surface area contributed by atoms with Crippen molar-refractivity contribution >= 4 is 21.8 Å². The van der Waals surface area contributed by atoms with Crippen LogP contribution in [0.1, 0.15) is 30.1 Å². The van der Waals surface area contributed by atoms with E-state index in [1.54, 1.807) is 31.1 Å². The number of benzene rings is 1. The normalized spacial score (nSPS) is 23.3. The number of methoxy groups -OCH3 is 1. The highest BCUT2D eigenvalue weighted by atomic mass is 79.9. The Balaban J connectivity index is 2.24. The first-order valence-corrected chi connectivity index (χ1v) is 7.07. The summed E-state index contributed by atoms with van der Waals surface area (Å²) in [6, 6.07) is 5.34. The van der Waals surface area contributed by atoms with Crippen LogP contribution in [0, 0.1) is 0 Å². The summed E-state index contributed by atoms with van der Waals surface area (Å²) in [6.07, 6.45) is 1.55. The summed E-state index contributed by atoms with van der Waals surface area (Å²) >= 11 is 3.36. The first-order chi connectivity index (χ1) is 8.93. The molecule has 1 unspecified atom stereocenters. The van der Waals surface area contributed by atoms with Crippen LogP contribution in [0.5, 0.6) is 5.75 Å². The van der Waals surface area contributed by atoms with Gasteiger partial charge in [0.2, 0.25) is 0 Å². The molecule has 19 heavy (non-hydrogen) atoms. The van der Waals surface area contributed by atoms with Crippen molar-refractivity contribution in [2.24, 2.45) is 0 Å². The van der Waals surface area contributed by atoms with Crippen LogP contribution < -0.4 is 4.74 Å². The number of piperidine rings is 1. The summed E-state index contributed by atoms with van der Waals surface area (Å²) in [5, 5.41) is 10.1. The standard InChI is InChI=1S/C14H18BrNO3/c1-14(18)6-3-7-16(9-14)13(17)11-5-4-10(15)8-12(11)19-2/h4-5,8,18H,3,6-7,9H2,1-2H3. The average Bonchev–Trinajstić information content (AvgIpc) is 2.36. The lowest BCUT2D eigenvalue weighted by molar-refractivity contribution is -0.0108. The molecule has 1 N–H and O–H groups in total. The van der Waals surface area contributed by atoms with Crippen molar-refractivity contribution in [3.05, 3.63) is 28.2 Å². The fourth-order valence-corrected chi connectivity index (χ4v) is 2.75. The summed E-state index contributed by atoms with van der Waals surface area (Å²) in [5.41, 5.74) is -0.264.